The maximum atomic E-state index is 13.5. The van der Waals surface area contributed by atoms with Gasteiger partial charge in [0.25, 0.3) is 5.91 Å². The molecule has 0 spiro atoms. The molecule has 1 amide bonds. The molecule has 4 aromatic rings. The van der Waals surface area contributed by atoms with Crippen LogP contribution in [0.4, 0.5) is 5.69 Å². The molecule has 38 heavy (non-hydrogen) atoms. The van der Waals surface area contributed by atoms with Crippen molar-refractivity contribution in [2.45, 2.75) is 13.2 Å². The molecule has 0 aliphatic carbocycles. The molecule has 1 aliphatic heterocycles. The molecular weight excluding hydrogens is 558 g/mol. The van der Waals surface area contributed by atoms with Gasteiger partial charge in [-0.15, -0.1) is 0 Å². The number of carbonyl (C=O) groups is 1. The molecule has 1 heterocycles. The SMILES string of the molecule is N#Cc1ccccc1COc1ccc(/C=C2\SC(=Nc3ccccc3)N(Cc3ccccc3)C2=O)cc1Br. The molecule has 186 valence electrons. The predicted molar refractivity (Wildman–Crippen MR) is 156 cm³/mol. The number of nitrogens with zero attached hydrogens (tertiary/aromatic N) is 3. The van der Waals surface area contributed by atoms with E-state index in [0.717, 1.165) is 26.9 Å². The molecule has 0 radical (unpaired) electrons. The smallest absolute Gasteiger partial charge is 0.267 e. The van der Waals surface area contributed by atoms with E-state index in [0.29, 0.717) is 27.9 Å². The van der Waals surface area contributed by atoms with E-state index < -0.39 is 0 Å². The van der Waals surface area contributed by atoms with Crippen LogP contribution in [0.15, 0.2) is 117 Å². The lowest BCUT2D eigenvalue weighted by Gasteiger charge is -2.15. The van der Waals surface area contributed by atoms with Crippen molar-refractivity contribution >= 4 is 50.5 Å². The van der Waals surface area contributed by atoms with Crippen LogP contribution in [0.3, 0.4) is 0 Å². The fraction of sp³-hybridized carbons (Fsp3) is 0.0645. The second-order valence-corrected chi connectivity index (χ2v) is 10.3. The molecule has 0 bridgehead atoms. The van der Waals surface area contributed by atoms with Crippen LogP contribution in [0.2, 0.25) is 0 Å². The molecule has 7 heteroatoms. The van der Waals surface area contributed by atoms with E-state index in [9.17, 15) is 10.1 Å². The molecule has 0 N–H and O–H groups in total. The summed E-state index contributed by atoms with van der Waals surface area (Å²) in [4.78, 5) is 20.6. The summed E-state index contributed by atoms with van der Waals surface area (Å²) in [5, 5.41) is 9.95. The Balaban J connectivity index is 1.38. The van der Waals surface area contributed by atoms with Crippen molar-refractivity contribution in [2.24, 2.45) is 4.99 Å². The van der Waals surface area contributed by atoms with Crippen molar-refractivity contribution in [1.82, 2.24) is 4.90 Å². The van der Waals surface area contributed by atoms with Crippen LogP contribution >= 0.6 is 27.7 Å². The monoisotopic (exact) mass is 579 g/mol. The Morgan fingerprint density at radius 3 is 2.39 bits per heavy atom. The minimum atomic E-state index is -0.0851. The van der Waals surface area contributed by atoms with E-state index in [4.69, 9.17) is 9.73 Å². The summed E-state index contributed by atoms with van der Waals surface area (Å²) >= 11 is 4.96. The first-order valence-electron chi connectivity index (χ1n) is 11.9. The van der Waals surface area contributed by atoms with E-state index in [2.05, 4.69) is 22.0 Å². The zero-order valence-electron chi connectivity index (χ0n) is 20.3. The number of benzene rings is 4. The lowest BCUT2D eigenvalue weighted by atomic mass is 10.1. The van der Waals surface area contributed by atoms with Gasteiger partial charge in [0.15, 0.2) is 5.17 Å². The van der Waals surface area contributed by atoms with Gasteiger partial charge in [-0.25, -0.2) is 4.99 Å². The summed E-state index contributed by atoms with van der Waals surface area (Å²) in [6.45, 7) is 0.723. The van der Waals surface area contributed by atoms with Gasteiger partial charge in [0.2, 0.25) is 0 Å². The number of nitriles is 1. The maximum Gasteiger partial charge on any atom is 0.267 e. The third-order valence-electron chi connectivity index (χ3n) is 5.83. The normalized spacial score (nSPS) is 15.2. The minimum absolute atomic E-state index is 0.0851. The van der Waals surface area contributed by atoms with E-state index in [-0.39, 0.29) is 12.5 Å². The number of amides is 1. The van der Waals surface area contributed by atoms with Gasteiger partial charge < -0.3 is 4.74 Å². The lowest BCUT2D eigenvalue weighted by molar-refractivity contribution is -0.122. The molecule has 5 rings (SSSR count). The van der Waals surface area contributed by atoms with Crippen LogP contribution in [-0.2, 0) is 17.9 Å². The second kappa shape index (κ2) is 12.0. The summed E-state index contributed by atoms with van der Waals surface area (Å²) in [5.74, 6) is 0.570. The Labute approximate surface area is 234 Å². The van der Waals surface area contributed by atoms with Gasteiger partial charge in [0.1, 0.15) is 12.4 Å². The predicted octanol–water partition coefficient (Wildman–Crippen LogP) is 7.70. The highest BCUT2D eigenvalue weighted by Gasteiger charge is 2.33. The number of aliphatic imine (C=N–C) groups is 1. The number of hydrogen-bond acceptors (Lipinski definition) is 5. The van der Waals surface area contributed by atoms with Gasteiger partial charge in [-0.2, -0.15) is 5.26 Å². The van der Waals surface area contributed by atoms with Crippen LogP contribution in [0.5, 0.6) is 5.75 Å². The van der Waals surface area contributed by atoms with Gasteiger partial charge in [-0.1, -0.05) is 72.8 Å². The number of rotatable bonds is 7. The fourth-order valence-electron chi connectivity index (χ4n) is 3.90. The summed E-state index contributed by atoms with van der Waals surface area (Å²) in [5.41, 5.74) is 4.10. The third-order valence-corrected chi connectivity index (χ3v) is 7.45. The van der Waals surface area contributed by atoms with E-state index in [1.807, 2.05) is 103 Å². The summed E-state index contributed by atoms with van der Waals surface area (Å²) in [7, 11) is 0. The van der Waals surface area contributed by atoms with Crippen LogP contribution in [0.25, 0.3) is 6.08 Å². The van der Waals surface area contributed by atoms with Crippen LogP contribution in [-0.4, -0.2) is 16.0 Å². The summed E-state index contributed by atoms with van der Waals surface area (Å²) in [6, 6.07) is 34.8. The molecule has 0 unspecified atom stereocenters. The molecule has 0 aromatic heterocycles. The van der Waals surface area contributed by atoms with Crippen molar-refractivity contribution < 1.29 is 9.53 Å². The summed E-state index contributed by atoms with van der Waals surface area (Å²) < 4.78 is 6.72. The quantitative estimate of drug-likeness (QED) is 0.210. The molecule has 1 saturated heterocycles. The molecule has 1 aliphatic rings. The Kier molecular flexibility index (Phi) is 8.03. The van der Waals surface area contributed by atoms with E-state index in [1.165, 1.54) is 11.8 Å². The number of carbonyl (C=O) groups excluding carboxylic acids is 1. The third kappa shape index (κ3) is 6.05. The van der Waals surface area contributed by atoms with Gasteiger partial charge in [0.05, 0.1) is 33.2 Å². The average Bonchev–Trinajstić information content (AvgIpc) is 3.22. The molecule has 1 fully saturated rings. The number of amidine groups is 1. The van der Waals surface area contributed by atoms with Crippen molar-refractivity contribution in [2.75, 3.05) is 0 Å². The molecule has 4 aromatic carbocycles. The Morgan fingerprint density at radius 1 is 0.947 bits per heavy atom. The first kappa shape index (κ1) is 25.5. The van der Waals surface area contributed by atoms with Gasteiger partial charge in [-0.3, -0.25) is 9.69 Å². The molecule has 0 saturated carbocycles. The van der Waals surface area contributed by atoms with Crippen LogP contribution in [0, 0.1) is 11.3 Å². The van der Waals surface area contributed by atoms with Crippen molar-refractivity contribution in [3.05, 3.63) is 135 Å². The number of halogens is 1. The van der Waals surface area contributed by atoms with Crippen LogP contribution in [0.1, 0.15) is 22.3 Å². The first-order valence-corrected chi connectivity index (χ1v) is 13.5. The number of thioether (sulfide) groups is 1. The number of para-hydroxylation sites is 1. The highest BCUT2D eigenvalue weighted by atomic mass is 79.9. The Bertz CT molecular complexity index is 1560. The Morgan fingerprint density at radius 2 is 1.66 bits per heavy atom. The second-order valence-electron chi connectivity index (χ2n) is 8.46. The average molecular weight is 581 g/mol. The van der Waals surface area contributed by atoms with Gasteiger partial charge >= 0.3 is 0 Å². The lowest BCUT2D eigenvalue weighted by Crippen LogP contribution is -2.28. The summed E-state index contributed by atoms with van der Waals surface area (Å²) in [6.07, 6.45) is 1.87. The minimum Gasteiger partial charge on any atom is -0.488 e. The molecule has 0 atom stereocenters. The highest BCUT2D eigenvalue weighted by Crippen LogP contribution is 2.36. The molecule has 5 nitrogen and oxygen atoms in total. The van der Waals surface area contributed by atoms with E-state index >= 15 is 0 Å². The van der Waals surface area contributed by atoms with Crippen molar-refractivity contribution in [3.8, 4) is 11.8 Å². The number of ether oxygens (including phenoxy) is 1. The zero-order chi connectivity index (χ0) is 26.3. The van der Waals surface area contributed by atoms with Crippen molar-refractivity contribution in [1.29, 1.82) is 5.26 Å². The van der Waals surface area contributed by atoms with Crippen LogP contribution < -0.4 is 4.74 Å². The topological polar surface area (TPSA) is 65.7 Å². The fourth-order valence-corrected chi connectivity index (χ4v) is 5.40. The zero-order valence-corrected chi connectivity index (χ0v) is 22.7. The number of hydrogen-bond donors (Lipinski definition) is 0. The largest absolute Gasteiger partial charge is 0.488 e. The first-order chi connectivity index (χ1) is 18.6. The van der Waals surface area contributed by atoms with Gasteiger partial charge in [0, 0.05) is 5.56 Å². The van der Waals surface area contributed by atoms with Gasteiger partial charge in [-0.05, 0) is 75.2 Å². The maximum absolute atomic E-state index is 13.5. The highest BCUT2D eigenvalue weighted by molar-refractivity contribution is 9.10. The van der Waals surface area contributed by atoms with E-state index in [1.54, 1.807) is 11.0 Å². The molecular formula is C31H22BrN3O2S. The Hall–Kier alpha value is -4.12. The standard InChI is InChI=1S/C31H22BrN3O2S/c32-27-17-23(15-16-28(27)37-21-25-12-8-7-11-24(25)19-33)18-29-30(36)35(20-22-9-3-1-4-10-22)31(38-29)34-26-13-5-2-6-14-26/h1-18H,20-21H2/b29-18-,34-31?. The van der Waals surface area contributed by atoms with Crippen molar-refractivity contribution in [3.63, 3.8) is 0 Å².